The maximum atomic E-state index is 9.70. The highest BCUT2D eigenvalue weighted by Gasteiger charge is 2.10. The molecule has 3 N–H and O–H groups in total. The first-order chi connectivity index (χ1) is 6.74. The molecule has 3 nitrogen and oxygen atoms in total. The second-order valence-electron chi connectivity index (χ2n) is 3.46. The molecule has 1 aromatic heterocycles. The van der Waals surface area contributed by atoms with Gasteiger partial charge in [-0.3, -0.25) is 0 Å². The Morgan fingerprint density at radius 2 is 2.21 bits per heavy atom. The van der Waals surface area contributed by atoms with Gasteiger partial charge in [-0.2, -0.15) is 0 Å². The second-order valence-corrected chi connectivity index (χ2v) is 3.46. The second kappa shape index (κ2) is 3.44. The van der Waals surface area contributed by atoms with E-state index >= 15 is 0 Å². The van der Waals surface area contributed by atoms with Crippen LogP contribution in [0.3, 0.4) is 0 Å². The number of benzene rings is 1. The minimum atomic E-state index is -0.568. The van der Waals surface area contributed by atoms with Gasteiger partial charge in [0.05, 0.1) is 6.10 Å². The smallest absolute Gasteiger partial charge is 0.0918 e. The molecule has 0 spiro atoms. The third-order valence-electron chi connectivity index (χ3n) is 2.54. The van der Waals surface area contributed by atoms with Crippen LogP contribution in [0, 0.1) is 0 Å². The molecule has 2 aromatic rings. The monoisotopic (exact) mass is 190 g/mol. The minimum absolute atomic E-state index is 0.258. The van der Waals surface area contributed by atoms with Crippen LogP contribution in [0.2, 0.25) is 0 Å². The van der Waals surface area contributed by atoms with Gasteiger partial charge in [0.2, 0.25) is 0 Å². The summed E-state index contributed by atoms with van der Waals surface area (Å²) in [5.74, 6) is 0. The van der Waals surface area contributed by atoms with Gasteiger partial charge in [0.1, 0.15) is 0 Å². The van der Waals surface area contributed by atoms with Gasteiger partial charge in [-0.1, -0.05) is 12.1 Å². The van der Waals surface area contributed by atoms with Crippen molar-refractivity contribution in [3.05, 3.63) is 36.0 Å². The zero-order valence-corrected chi connectivity index (χ0v) is 8.14. The molecule has 14 heavy (non-hydrogen) atoms. The Hall–Kier alpha value is -1.32. The molecule has 0 radical (unpaired) electrons. The molecule has 0 aliphatic heterocycles. The van der Waals surface area contributed by atoms with Crippen molar-refractivity contribution in [3.63, 3.8) is 0 Å². The molecule has 1 heterocycles. The molecule has 0 aliphatic carbocycles. The van der Waals surface area contributed by atoms with Crippen LogP contribution in [0.15, 0.2) is 30.5 Å². The molecule has 1 aromatic carbocycles. The fraction of sp³-hybridized carbons (Fsp3) is 0.273. The summed E-state index contributed by atoms with van der Waals surface area (Å²) in [6.07, 6.45) is 1.42. The van der Waals surface area contributed by atoms with Crippen LogP contribution in [-0.2, 0) is 7.05 Å². The van der Waals surface area contributed by atoms with E-state index in [0.29, 0.717) is 0 Å². The lowest BCUT2D eigenvalue weighted by molar-refractivity contribution is 0.188. The fourth-order valence-corrected chi connectivity index (χ4v) is 1.74. The molecule has 0 saturated heterocycles. The number of fused-ring (bicyclic) bond motifs is 1. The van der Waals surface area contributed by atoms with Gasteiger partial charge in [-0.15, -0.1) is 0 Å². The van der Waals surface area contributed by atoms with Crippen molar-refractivity contribution >= 4 is 10.9 Å². The number of hydrogen-bond acceptors (Lipinski definition) is 2. The lowest BCUT2D eigenvalue weighted by Crippen LogP contribution is -2.11. The van der Waals surface area contributed by atoms with E-state index in [1.54, 1.807) is 0 Å². The summed E-state index contributed by atoms with van der Waals surface area (Å²) in [7, 11) is 1.99. The van der Waals surface area contributed by atoms with Crippen molar-refractivity contribution in [2.24, 2.45) is 12.8 Å². The molecule has 1 unspecified atom stereocenters. The maximum Gasteiger partial charge on any atom is 0.0918 e. The number of rotatable bonds is 2. The van der Waals surface area contributed by atoms with E-state index in [9.17, 15) is 5.11 Å². The van der Waals surface area contributed by atoms with E-state index in [1.165, 1.54) is 0 Å². The molecular weight excluding hydrogens is 176 g/mol. The molecule has 0 bridgehead atoms. The topological polar surface area (TPSA) is 51.2 Å². The summed E-state index contributed by atoms with van der Waals surface area (Å²) in [4.78, 5) is 0. The van der Waals surface area contributed by atoms with Crippen molar-refractivity contribution in [2.75, 3.05) is 6.54 Å². The summed E-state index contributed by atoms with van der Waals surface area (Å²) in [5, 5.41) is 10.8. The van der Waals surface area contributed by atoms with Gasteiger partial charge in [-0.05, 0) is 17.7 Å². The highest BCUT2D eigenvalue weighted by molar-refractivity contribution is 5.84. The van der Waals surface area contributed by atoms with Crippen LogP contribution in [0.4, 0.5) is 0 Å². The Morgan fingerprint density at radius 1 is 1.43 bits per heavy atom. The molecule has 3 heteroatoms. The summed E-state index contributed by atoms with van der Waals surface area (Å²) in [6, 6.07) is 7.89. The van der Waals surface area contributed by atoms with Crippen LogP contribution in [0.5, 0.6) is 0 Å². The highest BCUT2D eigenvalue weighted by atomic mass is 16.3. The van der Waals surface area contributed by atoms with Crippen LogP contribution in [-0.4, -0.2) is 16.2 Å². The van der Waals surface area contributed by atoms with Crippen molar-refractivity contribution in [2.45, 2.75) is 6.10 Å². The largest absolute Gasteiger partial charge is 0.387 e. The number of aryl methyl sites for hydroxylation is 1. The normalized spacial score (nSPS) is 13.4. The molecule has 1 atom stereocenters. The maximum absolute atomic E-state index is 9.70. The predicted octanol–water partition coefficient (Wildman–Crippen LogP) is 1.17. The Bertz CT molecular complexity index is 447. The molecule has 0 saturated carbocycles. The van der Waals surface area contributed by atoms with Crippen molar-refractivity contribution in [1.29, 1.82) is 0 Å². The number of nitrogens with zero attached hydrogens (tertiary/aromatic N) is 1. The fourth-order valence-electron chi connectivity index (χ4n) is 1.74. The van der Waals surface area contributed by atoms with Crippen molar-refractivity contribution < 1.29 is 5.11 Å². The zero-order chi connectivity index (χ0) is 10.1. The number of aliphatic hydroxyl groups is 1. The van der Waals surface area contributed by atoms with E-state index < -0.39 is 6.10 Å². The summed E-state index contributed by atoms with van der Waals surface area (Å²) < 4.78 is 2.03. The lowest BCUT2D eigenvalue weighted by Gasteiger charge is -2.09. The van der Waals surface area contributed by atoms with Gasteiger partial charge >= 0.3 is 0 Å². The number of hydrogen-bond donors (Lipinski definition) is 2. The van der Waals surface area contributed by atoms with E-state index in [1.807, 2.05) is 42.1 Å². The average Bonchev–Trinajstić information content (AvgIpc) is 2.59. The first-order valence-electron chi connectivity index (χ1n) is 4.66. The summed E-state index contributed by atoms with van der Waals surface area (Å²) >= 11 is 0. The van der Waals surface area contributed by atoms with Gasteiger partial charge in [0, 0.05) is 30.7 Å². The first kappa shape index (κ1) is 9.24. The average molecular weight is 190 g/mol. The summed E-state index contributed by atoms with van der Waals surface area (Å²) in [6.45, 7) is 0.258. The van der Waals surface area contributed by atoms with Crippen LogP contribution in [0.25, 0.3) is 10.9 Å². The standard InChI is InChI=1S/C11H14N2O/c1-13-6-5-8-9(11(14)7-12)3-2-4-10(8)13/h2-6,11,14H,7,12H2,1H3. The minimum Gasteiger partial charge on any atom is -0.387 e. The predicted molar refractivity (Wildman–Crippen MR) is 56.9 cm³/mol. The molecule has 0 amide bonds. The van der Waals surface area contributed by atoms with E-state index in [0.717, 1.165) is 16.5 Å². The Balaban J connectivity index is 2.65. The zero-order valence-electron chi connectivity index (χ0n) is 8.14. The van der Waals surface area contributed by atoms with Crippen LogP contribution in [0.1, 0.15) is 11.7 Å². The van der Waals surface area contributed by atoms with Gasteiger partial charge in [0.25, 0.3) is 0 Å². The van der Waals surface area contributed by atoms with Crippen molar-refractivity contribution in [3.8, 4) is 0 Å². The Kier molecular flexibility index (Phi) is 2.27. The Labute approximate surface area is 82.8 Å². The number of nitrogens with two attached hydrogens (primary N) is 1. The SMILES string of the molecule is Cn1ccc2c(C(O)CN)cccc21. The number of aliphatic hydroxyl groups excluding tert-OH is 1. The summed E-state index contributed by atoms with van der Waals surface area (Å²) in [5.41, 5.74) is 7.47. The third-order valence-corrected chi connectivity index (χ3v) is 2.54. The van der Waals surface area contributed by atoms with Crippen molar-refractivity contribution in [1.82, 2.24) is 4.57 Å². The first-order valence-corrected chi connectivity index (χ1v) is 4.66. The third kappa shape index (κ3) is 1.31. The lowest BCUT2D eigenvalue weighted by atomic mass is 10.1. The van der Waals surface area contributed by atoms with Gasteiger partial charge in [0.15, 0.2) is 0 Å². The molecular formula is C11H14N2O. The Morgan fingerprint density at radius 3 is 2.93 bits per heavy atom. The van der Waals surface area contributed by atoms with E-state index in [2.05, 4.69) is 0 Å². The molecule has 74 valence electrons. The van der Waals surface area contributed by atoms with E-state index in [4.69, 9.17) is 5.73 Å². The highest BCUT2D eigenvalue weighted by Crippen LogP contribution is 2.24. The molecule has 0 aliphatic rings. The van der Waals surface area contributed by atoms with Gasteiger partial charge < -0.3 is 15.4 Å². The van der Waals surface area contributed by atoms with Crippen LogP contribution < -0.4 is 5.73 Å². The molecule has 2 rings (SSSR count). The number of aromatic nitrogens is 1. The van der Waals surface area contributed by atoms with Gasteiger partial charge in [-0.25, -0.2) is 0 Å². The van der Waals surface area contributed by atoms with E-state index in [-0.39, 0.29) is 6.54 Å². The quantitative estimate of drug-likeness (QED) is 0.747. The van der Waals surface area contributed by atoms with Crippen LogP contribution >= 0.6 is 0 Å². The molecule has 0 fully saturated rings.